The Bertz CT molecular complexity index is 191. The molecule has 1 unspecified atom stereocenters. The summed E-state index contributed by atoms with van der Waals surface area (Å²) in [4.78, 5) is 0. The number of hydrogen-bond donors (Lipinski definition) is 1. The third-order valence-corrected chi connectivity index (χ3v) is 4.22. The molecule has 1 N–H and O–H groups in total. The first-order chi connectivity index (χ1) is 8.25. The van der Waals surface area contributed by atoms with E-state index in [1.165, 1.54) is 25.7 Å². The molecule has 1 heterocycles. The van der Waals surface area contributed by atoms with Crippen molar-refractivity contribution < 1.29 is 9.47 Å². The van der Waals surface area contributed by atoms with Crippen molar-refractivity contribution >= 4 is 0 Å². The summed E-state index contributed by atoms with van der Waals surface area (Å²) in [6.45, 7) is 9.42. The van der Waals surface area contributed by atoms with Crippen LogP contribution in [0.5, 0.6) is 0 Å². The number of ether oxygens (including phenoxy) is 2. The second-order valence-electron chi connectivity index (χ2n) is 5.33. The van der Waals surface area contributed by atoms with Gasteiger partial charge in [0.2, 0.25) is 0 Å². The van der Waals surface area contributed by atoms with Crippen LogP contribution in [0.3, 0.4) is 0 Å². The Balaban J connectivity index is 2.45. The molecule has 0 amide bonds. The van der Waals surface area contributed by atoms with Crippen LogP contribution >= 0.6 is 0 Å². The lowest BCUT2D eigenvalue weighted by Gasteiger charge is -2.42. The molecule has 1 aliphatic heterocycles. The third kappa shape index (κ3) is 4.57. The van der Waals surface area contributed by atoms with Crippen molar-refractivity contribution in [1.82, 2.24) is 5.32 Å². The zero-order valence-corrected chi connectivity index (χ0v) is 11.8. The van der Waals surface area contributed by atoms with Crippen LogP contribution in [0.25, 0.3) is 0 Å². The van der Waals surface area contributed by atoms with Gasteiger partial charge in [-0.15, -0.1) is 0 Å². The molecule has 1 aliphatic rings. The van der Waals surface area contributed by atoms with E-state index in [9.17, 15) is 0 Å². The Hall–Kier alpha value is -0.120. The van der Waals surface area contributed by atoms with Gasteiger partial charge in [0.15, 0.2) is 0 Å². The van der Waals surface area contributed by atoms with Crippen molar-refractivity contribution in [3.63, 3.8) is 0 Å². The normalized spacial score (nSPS) is 21.4. The van der Waals surface area contributed by atoms with E-state index in [4.69, 9.17) is 9.47 Å². The van der Waals surface area contributed by atoms with Crippen molar-refractivity contribution in [3.05, 3.63) is 0 Å². The van der Waals surface area contributed by atoms with Gasteiger partial charge in [-0.1, -0.05) is 26.7 Å². The Morgan fingerprint density at radius 2 is 2.06 bits per heavy atom. The zero-order chi connectivity index (χ0) is 12.6. The minimum atomic E-state index is 0.446. The van der Waals surface area contributed by atoms with Crippen LogP contribution in [0.4, 0.5) is 0 Å². The molecule has 1 saturated heterocycles. The second kappa shape index (κ2) is 8.06. The smallest absolute Gasteiger partial charge is 0.0587 e. The van der Waals surface area contributed by atoms with Gasteiger partial charge in [0.1, 0.15) is 0 Å². The van der Waals surface area contributed by atoms with Crippen LogP contribution in [0.15, 0.2) is 0 Å². The molecule has 3 heteroatoms. The summed E-state index contributed by atoms with van der Waals surface area (Å²) < 4.78 is 10.6. The Kier molecular flexibility index (Phi) is 7.09. The highest BCUT2D eigenvalue weighted by molar-refractivity contribution is 4.88. The maximum Gasteiger partial charge on any atom is 0.0587 e. The van der Waals surface area contributed by atoms with Crippen molar-refractivity contribution in [1.29, 1.82) is 0 Å². The van der Waals surface area contributed by atoms with E-state index < -0.39 is 0 Å². The van der Waals surface area contributed by atoms with Gasteiger partial charge in [0.25, 0.3) is 0 Å². The topological polar surface area (TPSA) is 30.5 Å². The molecule has 3 nitrogen and oxygen atoms in total. The first-order valence-corrected chi connectivity index (χ1v) is 7.02. The molecule has 17 heavy (non-hydrogen) atoms. The molecule has 102 valence electrons. The summed E-state index contributed by atoms with van der Waals surface area (Å²) in [7, 11) is 1.76. The molecule has 0 radical (unpaired) electrons. The van der Waals surface area contributed by atoms with Crippen LogP contribution in [0, 0.1) is 11.3 Å². The van der Waals surface area contributed by atoms with Crippen LogP contribution in [-0.2, 0) is 9.47 Å². The van der Waals surface area contributed by atoms with Crippen molar-refractivity contribution in [2.24, 2.45) is 11.3 Å². The number of methoxy groups -OCH3 is 1. The zero-order valence-electron chi connectivity index (χ0n) is 11.8. The second-order valence-corrected chi connectivity index (χ2v) is 5.33. The fourth-order valence-corrected chi connectivity index (χ4v) is 2.87. The molecular formula is C14H29NO2. The van der Waals surface area contributed by atoms with Crippen LogP contribution in [0.1, 0.15) is 39.5 Å². The minimum absolute atomic E-state index is 0.446. The summed E-state index contributed by atoms with van der Waals surface area (Å²) in [6.07, 6.45) is 5.01. The van der Waals surface area contributed by atoms with Gasteiger partial charge >= 0.3 is 0 Å². The maximum absolute atomic E-state index is 5.53. The Labute approximate surface area is 106 Å². The van der Waals surface area contributed by atoms with Crippen LogP contribution in [0.2, 0.25) is 0 Å². The lowest BCUT2D eigenvalue weighted by molar-refractivity contribution is -0.0166. The molecule has 1 fully saturated rings. The van der Waals surface area contributed by atoms with E-state index in [1.54, 1.807) is 7.11 Å². The predicted octanol–water partition coefficient (Wildman–Crippen LogP) is 2.46. The largest absolute Gasteiger partial charge is 0.383 e. The quantitative estimate of drug-likeness (QED) is 0.664. The van der Waals surface area contributed by atoms with Gasteiger partial charge < -0.3 is 14.8 Å². The monoisotopic (exact) mass is 243 g/mol. The van der Waals surface area contributed by atoms with Crippen molar-refractivity contribution in [2.75, 3.05) is 40.0 Å². The van der Waals surface area contributed by atoms with Gasteiger partial charge in [-0.2, -0.15) is 0 Å². The van der Waals surface area contributed by atoms with Crippen LogP contribution in [-0.4, -0.2) is 40.0 Å². The average Bonchev–Trinajstić information content (AvgIpc) is 2.36. The standard InChI is InChI=1S/C14H29NO2/c1-4-5-13(2)14(6-9-17-10-7-14)12-15-8-11-16-3/h13,15H,4-12H2,1-3H3. The first kappa shape index (κ1) is 14.9. The van der Waals surface area contributed by atoms with Crippen LogP contribution < -0.4 is 5.32 Å². The highest BCUT2D eigenvalue weighted by Crippen LogP contribution is 2.39. The lowest BCUT2D eigenvalue weighted by Crippen LogP contribution is -2.44. The summed E-state index contributed by atoms with van der Waals surface area (Å²) in [5.74, 6) is 0.784. The predicted molar refractivity (Wildman–Crippen MR) is 71.3 cm³/mol. The van der Waals surface area contributed by atoms with Crippen molar-refractivity contribution in [3.8, 4) is 0 Å². The van der Waals surface area contributed by atoms with E-state index in [1.807, 2.05) is 0 Å². The average molecular weight is 243 g/mol. The van der Waals surface area contributed by atoms with Gasteiger partial charge in [0.05, 0.1) is 6.61 Å². The van der Waals surface area contributed by atoms with E-state index in [2.05, 4.69) is 19.2 Å². The van der Waals surface area contributed by atoms with E-state index in [0.717, 1.165) is 38.8 Å². The molecule has 0 saturated carbocycles. The molecule has 0 aromatic heterocycles. The molecule has 0 bridgehead atoms. The van der Waals surface area contributed by atoms with E-state index >= 15 is 0 Å². The Morgan fingerprint density at radius 1 is 1.35 bits per heavy atom. The van der Waals surface area contributed by atoms with Gasteiger partial charge in [-0.25, -0.2) is 0 Å². The summed E-state index contributed by atoms with van der Waals surface area (Å²) >= 11 is 0. The van der Waals surface area contributed by atoms with Gasteiger partial charge in [0, 0.05) is 33.4 Å². The van der Waals surface area contributed by atoms with E-state index in [0.29, 0.717) is 5.41 Å². The SMILES string of the molecule is CCCC(C)C1(CNCCOC)CCOCC1. The van der Waals surface area contributed by atoms with E-state index in [-0.39, 0.29) is 0 Å². The molecular weight excluding hydrogens is 214 g/mol. The molecule has 1 atom stereocenters. The summed E-state index contributed by atoms with van der Waals surface area (Å²) in [5, 5.41) is 3.56. The molecule has 0 spiro atoms. The fraction of sp³-hybridized carbons (Fsp3) is 1.00. The molecule has 0 aromatic rings. The fourth-order valence-electron chi connectivity index (χ4n) is 2.87. The number of nitrogens with one attached hydrogen (secondary N) is 1. The lowest BCUT2D eigenvalue weighted by atomic mass is 9.69. The number of rotatable bonds is 8. The summed E-state index contributed by atoms with van der Waals surface area (Å²) in [5.41, 5.74) is 0.446. The minimum Gasteiger partial charge on any atom is -0.383 e. The first-order valence-electron chi connectivity index (χ1n) is 7.02. The Morgan fingerprint density at radius 3 is 2.65 bits per heavy atom. The summed E-state index contributed by atoms with van der Waals surface area (Å²) in [6, 6.07) is 0. The van der Waals surface area contributed by atoms with Gasteiger partial charge in [-0.3, -0.25) is 0 Å². The highest BCUT2D eigenvalue weighted by atomic mass is 16.5. The van der Waals surface area contributed by atoms with Crippen molar-refractivity contribution in [2.45, 2.75) is 39.5 Å². The molecule has 0 aromatic carbocycles. The molecule has 0 aliphatic carbocycles. The third-order valence-electron chi connectivity index (χ3n) is 4.22. The van der Waals surface area contributed by atoms with Gasteiger partial charge in [-0.05, 0) is 24.2 Å². The highest BCUT2D eigenvalue weighted by Gasteiger charge is 2.36. The molecule has 1 rings (SSSR count). The number of hydrogen-bond acceptors (Lipinski definition) is 3. The maximum atomic E-state index is 5.53.